The molecule has 1 saturated heterocycles. The number of ether oxygens (including phenoxy) is 1. The Morgan fingerprint density at radius 2 is 2.00 bits per heavy atom. The number of aryl methyl sites for hydroxylation is 1. The molecule has 1 saturated carbocycles. The van der Waals surface area contributed by atoms with Gasteiger partial charge in [-0.2, -0.15) is 5.10 Å². The van der Waals surface area contributed by atoms with Crippen molar-refractivity contribution in [1.82, 2.24) is 24.2 Å². The third kappa shape index (κ3) is 4.90. The van der Waals surface area contributed by atoms with Gasteiger partial charge in [-0.25, -0.2) is 9.03 Å². The van der Waals surface area contributed by atoms with E-state index < -0.39 is 0 Å². The molecule has 2 aromatic heterocycles. The van der Waals surface area contributed by atoms with Gasteiger partial charge in [-0.05, 0) is 50.3 Å². The van der Waals surface area contributed by atoms with Gasteiger partial charge in [0.05, 0.1) is 18.9 Å². The van der Waals surface area contributed by atoms with E-state index in [9.17, 15) is 0 Å². The molecule has 2 aliphatic rings. The number of rotatable bonds is 6. The highest BCUT2D eigenvalue weighted by Gasteiger charge is 2.25. The number of aromatic nitrogens is 3. The minimum Gasteiger partial charge on any atom is -0.379 e. The SMILES string of the molecule is CCc1cccc(-c2cc(C3CCC(NSN4CCOCC4)CC3)[nH]n2)n1. The predicted octanol–water partition coefficient (Wildman–Crippen LogP) is 3.55. The molecule has 6 nitrogen and oxygen atoms in total. The summed E-state index contributed by atoms with van der Waals surface area (Å²) in [7, 11) is 0. The lowest BCUT2D eigenvalue weighted by atomic mass is 9.84. The van der Waals surface area contributed by atoms with Crippen molar-refractivity contribution in [2.24, 2.45) is 0 Å². The summed E-state index contributed by atoms with van der Waals surface area (Å²) < 4.78 is 11.4. The van der Waals surface area contributed by atoms with Crippen LogP contribution in [-0.4, -0.2) is 51.8 Å². The second kappa shape index (κ2) is 9.19. The average Bonchev–Trinajstić information content (AvgIpc) is 3.24. The van der Waals surface area contributed by atoms with Crippen LogP contribution in [0, 0.1) is 0 Å². The van der Waals surface area contributed by atoms with Gasteiger partial charge in [0, 0.05) is 48.6 Å². The minimum atomic E-state index is 0.576. The molecule has 0 bridgehead atoms. The van der Waals surface area contributed by atoms with Crippen LogP contribution < -0.4 is 4.72 Å². The molecule has 146 valence electrons. The van der Waals surface area contributed by atoms with E-state index in [-0.39, 0.29) is 0 Å². The van der Waals surface area contributed by atoms with Crippen molar-refractivity contribution in [3.8, 4) is 11.4 Å². The van der Waals surface area contributed by atoms with Crippen LogP contribution in [0.4, 0.5) is 0 Å². The molecule has 0 amide bonds. The fourth-order valence-electron chi connectivity index (χ4n) is 3.81. The molecule has 27 heavy (non-hydrogen) atoms. The van der Waals surface area contributed by atoms with E-state index in [0.717, 1.165) is 49.8 Å². The number of hydrogen-bond donors (Lipinski definition) is 2. The first-order valence-corrected chi connectivity index (χ1v) is 10.9. The molecule has 3 heterocycles. The molecule has 2 aromatic rings. The fourth-order valence-corrected chi connectivity index (χ4v) is 4.67. The highest BCUT2D eigenvalue weighted by atomic mass is 32.2. The number of morpholine rings is 1. The van der Waals surface area contributed by atoms with E-state index >= 15 is 0 Å². The first kappa shape index (κ1) is 18.9. The van der Waals surface area contributed by atoms with Crippen LogP contribution in [-0.2, 0) is 11.2 Å². The van der Waals surface area contributed by atoms with Crippen LogP contribution in [0.2, 0.25) is 0 Å². The van der Waals surface area contributed by atoms with Gasteiger partial charge in [0.2, 0.25) is 0 Å². The number of nitrogens with zero attached hydrogens (tertiary/aromatic N) is 3. The third-order valence-electron chi connectivity index (χ3n) is 5.51. The quantitative estimate of drug-likeness (QED) is 0.739. The van der Waals surface area contributed by atoms with Gasteiger partial charge in [0.25, 0.3) is 0 Å². The van der Waals surface area contributed by atoms with Crippen molar-refractivity contribution in [3.63, 3.8) is 0 Å². The molecule has 0 aromatic carbocycles. The number of hydrogen-bond acceptors (Lipinski definition) is 6. The zero-order chi connectivity index (χ0) is 18.5. The van der Waals surface area contributed by atoms with Gasteiger partial charge in [-0.1, -0.05) is 13.0 Å². The Hall–Kier alpha value is -1.41. The maximum Gasteiger partial charge on any atom is 0.111 e. The molecule has 0 unspecified atom stereocenters. The topological polar surface area (TPSA) is 66.1 Å². The van der Waals surface area contributed by atoms with Gasteiger partial charge >= 0.3 is 0 Å². The standard InChI is InChI=1S/C20H29N5OS/c1-2-16-4-3-5-18(21-16)20-14-19(22-23-20)15-6-8-17(9-7-15)24-27-25-10-12-26-13-11-25/h3-5,14-15,17,24H,2,6-13H2,1H3,(H,22,23). The lowest BCUT2D eigenvalue weighted by Crippen LogP contribution is -2.37. The lowest BCUT2D eigenvalue weighted by Gasteiger charge is -2.31. The number of nitrogens with one attached hydrogen (secondary N) is 2. The molecule has 2 fully saturated rings. The summed E-state index contributed by atoms with van der Waals surface area (Å²) in [5, 5.41) is 7.80. The predicted molar refractivity (Wildman–Crippen MR) is 109 cm³/mol. The summed E-state index contributed by atoms with van der Waals surface area (Å²) in [4.78, 5) is 4.69. The second-order valence-electron chi connectivity index (χ2n) is 7.38. The molecule has 0 spiro atoms. The van der Waals surface area contributed by atoms with E-state index in [2.05, 4.69) is 44.3 Å². The average molecular weight is 388 g/mol. The highest BCUT2D eigenvalue weighted by Crippen LogP contribution is 2.34. The first-order valence-electron chi connectivity index (χ1n) is 10.1. The van der Waals surface area contributed by atoms with Gasteiger partial charge in [-0.3, -0.25) is 10.1 Å². The van der Waals surface area contributed by atoms with Crippen molar-refractivity contribution in [1.29, 1.82) is 0 Å². The van der Waals surface area contributed by atoms with Crippen LogP contribution in [0.25, 0.3) is 11.4 Å². The minimum absolute atomic E-state index is 0.576. The molecule has 0 atom stereocenters. The summed E-state index contributed by atoms with van der Waals surface area (Å²) in [6.07, 6.45) is 5.77. The molecule has 2 N–H and O–H groups in total. The van der Waals surface area contributed by atoms with Crippen LogP contribution >= 0.6 is 12.1 Å². The molecular weight excluding hydrogens is 358 g/mol. The van der Waals surface area contributed by atoms with Crippen molar-refractivity contribution in [2.45, 2.75) is 51.0 Å². The Morgan fingerprint density at radius 3 is 2.78 bits per heavy atom. The van der Waals surface area contributed by atoms with E-state index in [1.807, 2.05) is 6.07 Å². The van der Waals surface area contributed by atoms with Gasteiger partial charge in [0.15, 0.2) is 0 Å². The summed E-state index contributed by atoms with van der Waals surface area (Å²) in [6.45, 7) is 5.85. The number of pyridine rings is 1. The maximum atomic E-state index is 5.40. The van der Waals surface area contributed by atoms with E-state index in [4.69, 9.17) is 9.72 Å². The van der Waals surface area contributed by atoms with Crippen molar-refractivity contribution >= 4 is 12.1 Å². The smallest absolute Gasteiger partial charge is 0.111 e. The monoisotopic (exact) mass is 387 g/mol. The van der Waals surface area contributed by atoms with Crippen LogP contribution in [0.15, 0.2) is 24.3 Å². The van der Waals surface area contributed by atoms with Crippen LogP contribution in [0.3, 0.4) is 0 Å². The molecule has 1 aliphatic carbocycles. The fraction of sp³-hybridized carbons (Fsp3) is 0.600. The summed E-state index contributed by atoms with van der Waals surface area (Å²) >= 11 is 1.78. The normalized spacial score (nSPS) is 24.2. The second-order valence-corrected chi connectivity index (χ2v) is 8.31. The van der Waals surface area contributed by atoms with Crippen molar-refractivity contribution < 1.29 is 4.74 Å². The zero-order valence-corrected chi connectivity index (χ0v) is 16.8. The van der Waals surface area contributed by atoms with Gasteiger partial charge in [0.1, 0.15) is 5.69 Å². The molecular formula is C20H29N5OS. The Labute approximate surface area is 165 Å². The largest absolute Gasteiger partial charge is 0.379 e. The Kier molecular flexibility index (Phi) is 6.44. The Bertz CT molecular complexity index is 723. The van der Waals surface area contributed by atoms with Crippen LogP contribution in [0.1, 0.15) is 49.9 Å². The molecule has 0 radical (unpaired) electrons. The third-order valence-corrected chi connectivity index (χ3v) is 6.58. The molecule has 7 heteroatoms. The van der Waals surface area contributed by atoms with Crippen LogP contribution in [0.5, 0.6) is 0 Å². The van der Waals surface area contributed by atoms with Crippen molar-refractivity contribution in [2.75, 3.05) is 26.3 Å². The zero-order valence-electron chi connectivity index (χ0n) is 16.0. The Balaban J connectivity index is 1.29. The number of aromatic amines is 1. The van der Waals surface area contributed by atoms with Gasteiger partial charge < -0.3 is 4.74 Å². The first-order chi connectivity index (χ1) is 13.3. The van der Waals surface area contributed by atoms with Gasteiger partial charge in [-0.15, -0.1) is 0 Å². The lowest BCUT2D eigenvalue weighted by molar-refractivity contribution is 0.0768. The highest BCUT2D eigenvalue weighted by molar-refractivity contribution is 7.95. The Morgan fingerprint density at radius 1 is 1.19 bits per heavy atom. The van der Waals surface area contributed by atoms with Crippen molar-refractivity contribution in [3.05, 3.63) is 35.7 Å². The molecule has 1 aliphatic heterocycles. The van der Waals surface area contributed by atoms with E-state index in [0.29, 0.717) is 12.0 Å². The molecule has 4 rings (SSSR count). The number of H-pyrrole nitrogens is 1. The maximum absolute atomic E-state index is 5.40. The summed E-state index contributed by atoms with van der Waals surface area (Å²) in [5.74, 6) is 0.576. The summed E-state index contributed by atoms with van der Waals surface area (Å²) in [6, 6.07) is 8.98. The van der Waals surface area contributed by atoms with E-state index in [1.54, 1.807) is 12.1 Å². The van der Waals surface area contributed by atoms with E-state index in [1.165, 1.54) is 31.4 Å². The summed E-state index contributed by atoms with van der Waals surface area (Å²) in [5.41, 5.74) is 4.30.